The van der Waals surface area contributed by atoms with Gasteiger partial charge in [0.25, 0.3) is 0 Å². The Morgan fingerprint density at radius 1 is 1.05 bits per heavy atom. The van der Waals surface area contributed by atoms with Crippen molar-refractivity contribution in [3.8, 4) is 0 Å². The highest BCUT2D eigenvalue weighted by atomic mass is 16.1. The Morgan fingerprint density at radius 2 is 1.65 bits per heavy atom. The van der Waals surface area contributed by atoms with E-state index in [2.05, 4.69) is 5.32 Å². The van der Waals surface area contributed by atoms with Crippen LogP contribution < -0.4 is 5.32 Å². The minimum absolute atomic E-state index is 0.209. The lowest BCUT2D eigenvalue weighted by atomic mass is 9.84. The second-order valence-electron chi connectivity index (χ2n) is 6.71. The van der Waals surface area contributed by atoms with E-state index < -0.39 is 0 Å². The van der Waals surface area contributed by atoms with E-state index in [1.54, 1.807) is 0 Å². The number of carbonyl (C=O) groups excluding carboxylic acids is 2. The maximum atomic E-state index is 12.0. The highest BCUT2D eigenvalue weighted by Gasteiger charge is 2.24. The van der Waals surface area contributed by atoms with Gasteiger partial charge in [0.2, 0.25) is 0 Å². The molecule has 1 saturated carbocycles. The normalized spacial score (nSPS) is 17.1. The van der Waals surface area contributed by atoms with Crippen LogP contribution in [-0.4, -0.2) is 24.7 Å². The van der Waals surface area contributed by atoms with E-state index in [0.29, 0.717) is 36.9 Å². The molecule has 0 radical (unpaired) electrons. The Morgan fingerprint density at radius 3 is 2.25 bits per heavy atom. The second kappa shape index (κ2) is 8.56. The first kappa shape index (κ1) is 17.4. The summed E-state index contributed by atoms with van der Waals surface area (Å²) in [5, 5.41) is 3.24. The smallest absolute Gasteiger partial charge is 0.139 e. The summed E-state index contributed by atoms with van der Waals surface area (Å²) in [5.41, 5.74) is -0.209. The van der Waals surface area contributed by atoms with Crippen LogP contribution in [0.3, 0.4) is 0 Å². The molecule has 0 unspecified atom stereocenters. The Labute approximate surface area is 123 Å². The number of hydrogen-bond acceptors (Lipinski definition) is 3. The van der Waals surface area contributed by atoms with Gasteiger partial charge in [-0.05, 0) is 19.3 Å². The van der Waals surface area contributed by atoms with Gasteiger partial charge in [-0.2, -0.15) is 0 Å². The van der Waals surface area contributed by atoms with Gasteiger partial charge in [-0.1, -0.05) is 40.0 Å². The van der Waals surface area contributed by atoms with Crippen molar-refractivity contribution in [1.82, 2.24) is 5.32 Å². The molecule has 0 aromatic rings. The van der Waals surface area contributed by atoms with Gasteiger partial charge in [-0.15, -0.1) is 0 Å². The highest BCUT2D eigenvalue weighted by molar-refractivity contribution is 5.84. The number of nitrogens with one attached hydrogen (secondary N) is 1. The number of Topliss-reactive ketones (excluding diaryl/α,β-unsaturated/α-hetero) is 2. The summed E-state index contributed by atoms with van der Waals surface area (Å²) >= 11 is 0. The summed E-state index contributed by atoms with van der Waals surface area (Å²) in [4.78, 5) is 23.9. The van der Waals surface area contributed by atoms with Crippen LogP contribution in [0.1, 0.15) is 72.1 Å². The zero-order chi connectivity index (χ0) is 15.0. The van der Waals surface area contributed by atoms with Gasteiger partial charge in [0, 0.05) is 37.3 Å². The summed E-state index contributed by atoms with van der Waals surface area (Å²) < 4.78 is 0. The van der Waals surface area contributed by atoms with E-state index in [-0.39, 0.29) is 5.41 Å². The molecule has 0 heterocycles. The molecule has 0 aromatic heterocycles. The third-order valence-corrected chi connectivity index (χ3v) is 4.78. The lowest BCUT2D eigenvalue weighted by Crippen LogP contribution is -2.29. The fourth-order valence-electron chi connectivity index (χ4n) is 2.70. The van der Waals surface area contributed by atoms with Gasteiger partial charge in [0.15, 0.2) is 0 Å². The lowest BCUT2D eigenvalue weighted by molar-refractivity contribution is -0.127. The van der Waals surface area contributed by atoms with Crippen LogP contribution in [0.25, 0.3) is 0 Å². The first-order chi connectivity index (χ1) is 9.47. The molecule has 1 N–H and O–H groups in total. The average molecular weight is 281 g/mol. The molecule has 0 amide bonds. The highest BCUT2D eigenvalue weighted by Crippen LogP contribution is 2.25. The third-order valence-electron chi connectivity index (χ3n) is 4.78. The maximum Gasteiger partial charge on any atom is 0.139 e. The lowest BCUT2D eigenvalue weighted by Gasteiger charge is -2.21. The largest absolute Gasteiger partial charge is 0.316 e. The van der Waals surface area contributed by atoms with Crippen molar-refractivity contribution in [3.05, 3.63) is 0 Å². The summed E-state index contributed by atoms with van der Waals surface area (Å²) in [6, 6.07) is 0. The van der Waals surface area contributed by atoms with Gasteiger partial charge in [-0.3, -0.25) is 9.59 Å². The third kappa shape index (κ3) is 5.74. The SMILES string of the molecule is CCC(C)(C)C(=O)CCNCCC(=O)C1CCCCC1. The van der Waals surface area contributed by atoms with E-state index in [1.165, 1.54) is 19.3 Å². The monoisotopic (exact) mass is 281 g/mol. The van der Waals surface area contributed by atoms with E-state index in [9.17, 15) is 9.59 Å². The first-order valence-electron chi connectivity index (χ1n) is 8.24. The molecule has 1 rings (SSSR count). The quantitative estimate of drug-likeness (QED) is 0.658. The van der Waals surface area contributed by atoms with Gasteiger partial charge >= 0.3 is 0 Å². The summed E-state index contributed by atoms with van der Waals surface area (Å²) in [6.07, 6.45) is 7.96. The van der Waals surface area contributed by atoms with Crippen molar-refractivity contribution in [3.63, 3.8) is 0 Å². The molecular weight excluding hydrogens is 250 g/mol. The van der Waals surface area contributed by atoms with Gasteiger partial charge < -0.3 is 5.32 Å². The number of hydrogen-bond donors (Lipinski definition) is 1. The molecular formula is C17H31NO2. The molecule has 3 nitrogen and oxygen atoms in total. The predicted molar refractivity (Wildman–Crippen MR) is 82.8 cm³/mol. The number of rotatable bonds is 9. The molecule has 1 aliphatic carbocycles. The minimum Gasteiger partial charge on any atom is -0.316 e. The van der Waals surface area contributed by atoms with Crippen LogP contribution in [0.4, 0.5) is 0 Å². The van der Waals surface area contributed by atoms with Crippen LogP contribution in [0, 0.1) is 11.3 Å². The summed E-state index contributed by atoms with van der Waals surface area (Å²) in [7, 11) is 0. The van der Waals surface area contributed by atoms with E-state index in [1.807, 2.05) is 20.8 Å². The van der Waals surface area contributed by atoms with Crippen LogP contribution in [0.2, 0.25) is 0 Å². The second-order valence-corrected chi connectivity index (χ2v) is 6.71. The Bertz CT molecular complexity index is 317. The maximum absolute atomic E-state index is 12.0. The van der Waals surface area contributed by atoms with Crippen LogP contribution in [0.15, 0.2) is 0 Å². The molecule has 0 aliphatic heterocycles. The molecule has 3 heteroatoms. The van der Waals surface area contributed by atoms with E-state index >= 15 is 0 Å². The molecule has 116 valence electrons. The molecule has 0 aromatic carbocycles. The molecule has 20 heavy (non-hydrogen) atoms. The number of carbonyl (C=O) groups is 2. The van der Waals surface area contributed by atoms with Gasteiger partial charge in [0.05, 0.1) is 0 Å². The van der Waals surface area contributed by atoms with Crippen LogP contribution in [0.5, 0.6) is 0 Å². The van der Waals surface area contributed by atoms with Crippen molar-refractivity contribution in [2.75, 3.05) is 13.1 Å². The first-order valence-corrected chi connectivity index (χ1v) is 8.24. The topological polar surface area (TPSA) is 46.2 Å². The van der Waals surface area contributed by atoms with Crippen molar-refractivity contribution < 1.29 is 9.59 Å². The zero-order valence-corrected chi connectivity index (χ0v) is 13.5. The Balaban J connectivity index is 2.10. The molecule has 1 aliphatic rings. The zero-order valence-electron chi connectivity index (χ0n) is 13.5. The van der Waals surface area contributed by atoms with E-state index in [4.69, 9.17) is 0 Å². The summed E-state index contributed by atoms with van der Waals surface area (Å²) in [5.74, 6) is 1.04. The predicted octanol–water partition coefficient (Wildman–Crippen LogP) is 3.51. The summed E-state index contributed by atoms with van der Waals surface area (Å²) in [6.45, 7) is 7.47. The van der Waals surface area contributed by atoms with Gasteiger partial charge in [0.1, 0.15) is 11.6 Å². The Kier molecular flexibility index (Phi) is 7.42. The number of ketones is 2. The molecule has 1 fully saturated rings. The molecule has 0 atom stereocenters. The van der Waals surface area contributed by atoms with Crippen molar-refractivity contribution in [2.45, 2.75) is 72.1 Å². The Hall–Kier alpha value is -0.700. The fraction of sp³-hybridized carbons (Fsp3) is 0.882. The average Bonchev–Trinajstić information content (AvgIpc) is 2.47. The van der Waals surface area contributed by atoms with E-state index in [0.717, 1.165) is 25.8 Å². The van der Waals surface area contributed by atoms with Crippen molar-refractivity contribution in [1.29, 1.82) is 0 Å². The van der Waals surface area contributed by atoms with Crippen molar-refractivity contribution in [2.24, 2.45) is 11.3 Å². The van der Waals surface area contributed by atoms with Crippen LogP contribution >= 0.6 is 0 Å². The van der Waals surface area contributed by atoms with Gasteiger partial charge in [-0.25, -0.2) is 0 Å². The standard InChI is InChI=1S/C17H31NO2/c1-4-17(2,3)16(20)11-13-18-12-10-15(19)14-8-6-5-7-9-14/h14,18H,4-13H2,1-3H3. The minimum atomic E-state index is -0.209. The molecule has 0 bridgehead atoms. The van der Waals surface area contributed by atoms with Crippen molar-refractivity contribution >= 4 is 11.6 Å². The molecule has 0 saturated heterocycles. The molecule has 0 spiro atoms. The fourth-order valence-corrected chi connectivity index (χ4v) is 2.70. The van der Waals surface area contributed by atoms with Crippen LogP contribution in [-0.2, 0) is 9.59 Å².